The van der Waals surface area contributed by atoms with Crippen LogP contribution in [0.1, 0.15) is 35.1 Å². The molecule has 2 aromatic rings. The Morgan fingerprint density at radius 1 is 0.917 bits per heavy atom. The molecule has 0 unspecified atom stereocenters. The van der Waals surface area contributed by atoms with E-state index in [0.717, 1.165) is 6.26 Å². The van der Waals surface area contributed by atoms with Crippen LogP contribution in [0.2, 0.25) is 0 Å². The third-order valence-electron chi connectivity index (χ3n) is 2.45. The van der Waals surface area contributed by atoms with Crippen LogP contribution < -0.4 is 10.5 Å². The molecule has 0 aromatic heterocycles. The summed E-state index contributed by atoms with van der Waals surface area (Å²) in [6.45, 7) is 8.00. The molecular weight excluding hydrogens is 326 g/mol. The lowest BCUT2D eigenvalue weighted by Gasteiger charge is -2.08. The zero-order chi connectivity index (χ0) is 18.0. The second-order valence-electron chi connectivity index (χ2n) is 4.07. The van der Waals surface area contributed by atoms with Crippen molar-refractivity contribution >= 4 is 15.5 Å². The van der Waals surface area contributed by atoms with Crippen molar-refractivity contribution in [1.29, 1.82) is 0 Å². The van der Waals surface area contributed by atoms with E-state index in [0.29, 0.717) is 17.2 Å². The van der Waals surface area contributed by atoms with E-state index in [9.17, 15) is 13.5 Å². The summed E-state index contributed by atoms with van der Waals surface area (Å²) in [5, 5.41) is 9.52. The van der Waals surface area contributed by atoms with E-state index < -0.39 is 9.84 Å². The van der Waals surface area contributed by atoms with Gasteiger partial charge in [0.2, 0.25) is 0 Å². The molecule has 0 radical (unpaired) electrons. The maximum atomic E-state index is 11.5. The Morgan fingerprint density at radius 2 is 1.38 bits per heavy atom. The van der Waals surface area contributed by atoms with Crippen LogP contribution in [0.5, 0.6) is 17.2 Å². The largest absolute Gasteiger partial charge is 0.507 e. The summed E-state index contributed by atoms with van der Waals surface area (Å²) < 4.78 is 28.4. The molecule has 2 aromatic carbocycles. The second-order valence-corrected chi connectivity index (χ2v) is 6.06. The lowest BCUT2D eigenvalue weighted by atomic mass is 10.3. The number of aromatic hydroxyl groups is 1. The van der Waals surface area contributed by atoms with Gasteiger partial charge in [-0.15, -0.1) is 0 Å². The third-order valence-corrected chi connectivity index (χ3v) is 3.57. The Balaban J connectivity index is 0. The zero-order valence-electron chi connectivity index (χ0n) is 14.2. The lowest BCUT2D eigenvalue weighted by Crippen LogP contribution is -1.98. The number of hydrogen-bond donors (Lipinski definition) is 2. The molecule has 136 valence electrons. The van der Waals surface area contributed by atoms with Gasteiger partial charge in [0.15, 0.2) is 9.84 Å². The van der Waals surface area contributed by atoms with E-state index in [4.69, 9.17) is 10.5 Å². The maximum Gasteiger partial charge on any atom is 0.179 e. The van der Waals surface area contributed by atoms with Gasteiger partial charge >= 0.3 is 0 Å². The van der Waals surface area contributed by atoms with Crippen LogP contribution in [0.25, 0.3) is 0 Å². The summed E-state index contributed by atoms with van der Waals surface area (Å²) in [5.41, 5.74) is 6.16. The molecule has 0 saturated heterocycles. The first-order valence-corrected chi connectivity index (χ1v) is 9.32. The number of nitrogens with two attached hydrogens (primary N) is 1. The number of anilines is 1. The van der Waals surface area contributed by atoms with Gasteiger partial charge in [-0.2, -0.15) is 0 Å². The molecule has 0 aliphatic rings. The Kier molecular flexibility index (Phi) is 11.4. The molecule has 0 aliphatic heterocycles. The van der Waals surface area contributed by atoms with Gasteiger partial charge in [-0.25, -0.2) is 8.42 Å². The van der Waals surface area contributed by atoms with Crippen LogP contribution in [0, 0.1) is 0 Å². The smallest absolute Gasteiger partial charge is 0.179 e. The summed E-state index contributed by atoms with van der Waals surface area (Å²) in [7, 11) is -3.50. The first-order chi connectivity index (χ1) is 10.9. The number of rotatable bonds is 3. The Morgan fingerprint density at radius 3 is 1.83 bits per heavy atom. The lowest BCUT2D eigenvalue weighted by molar-refractivity contribution is 0.449. The van der Waals surface area contributed by atoms with E-state index in [1.54, 1.807) is 24.3 Å². The number of hydrogen-bond acceptors (Lipinski definition) is 5. The van der Waals surface area contributed by atoms with E-state index in [1.165, 1.54) is 18.2 Å². The topological polar surface area (TPSA) is 89.6 Å². The van der Waals surface area contributed by atoms with Gasteiger partial charge in [-0.05, 0) is 36.4 Å². The zero-order valence-corrected chi connectivity index (χ0v) is 15.0. The highest BCUT2D eigenvalue weighted by Crippen LogP contribution is 2.30. The van der Waals surface area contributed by atoms with Gasteiger partial charge in [0.1, 0.15) is 22.1 Å². The standard InChI is InChI=1S/C13H13NO4S.2C2H6.CH4/c1-19(16,17)13-8-11(6-7-12(13)15)18-10-4-2-9(14)3-5-10;2*1-2;/h2-8,15H,14H2,1H3;2*1-2H3;1H4. The van der Waals surface area contributed by atoms with Crippen LogP contribution in [0.4, 0.5) is 5.69 Å². The van der Waals surface area contributed by atoms with Crippen molar-refractivity contribution < 1.29 is 18.3 Å². The molecule has 0 heterocycles. The summed E-state index contributed by atoms with van der Waals surface area (Å²) in [6.07, 6.45) is 1.02. The van der Waals surface area contributed by atoms with Crippen molar-refractivity contribution in [3.63, 3.8) is 0 Å². The van der Waals surface area contributed by atoms with Crippen molar-refractivity contribution in [2.45, 2.75) is 40.0 Å². The number of phenols is 1. The number of benzene rings is 2. The van der Waals surface area contributed by atoms with Crippen LogP contribution in [-0.2, 0) is 9.84 Å². The molecule has 0 aliphatic carbocycles. The molecule has 6 heteroatoms. The van der Waals surface area contributed by atoms with E-state index in [1.807, 2.05) is 27.7 Å². The first kappa shape index (κ1) is 24.0. The van der Waals surface area contributed by atoms with Gasteiger partial charge in [0.05, 0.1) is 0 Å². The van der Waals surface area contributed by atoms with Gasteiger partial charge in [-0.3, -0.25) is 0 Å². The molecule has 0 fully saturated rings. The highest BCUT2D eigenvalue weighted by atomic mass is 32.2. The highest BCUT2D eigenvalue weighted by Gasteiger charge is 2.14. The third kappa shape index (κ3) is 7.37. The van der Waals surface area contributed by atoms with Crippen LogP contribution in [0.3, 0.4) is 0 Å². The van der Waals surface area contributed by atoms with Gasteiger partial charge < -0.3 is 15.6 Å². The van der Waals surface area contributed by atoms with Gasteiger partial charge in [-0.1, -0.05) is 35.1 Å². The molecule has 24 heavy (non-hydrogen) atoms. The Bertz CT molecular complexity index is 695. The fourth-order valence-corrected chi connectivity index (χ4v) is 2.31. The average molecular weight is 356 g/mol. The van der Waals surface area contributed by atoms with Crippen molar-refractivity contribution in [3.05, 3.63) is 42.5 Å². The van der Waals surface area contributed by atoms with Crippen molar-refractivity contribution in [3.8, 4) is 17.2 Å². The second kappa shape index (κ2) is 11.3. The molecule has 0 atom stereocenters. The van der Waals surface area contributed by atoms with Gasteiger partial charge in [0.25, 0.3) is 0 Å². The first-order valence-electron chi connectivity index (χ1n) is 7.43. The number of sulfone groups is 1. The normalized spacial score (nSPS) is 9.38. The Labute approximate surface area is 146 Å². The molecule has 0 bridgehead atoms. The summed E-state index contributed by atoms with van der Waals surface area (Å²) in [4.78, 5) is -0.166. The molecule has 3 N–H and O–H groups in total. The van der Waals surface area contributed by atoms with Crippen molar-refractivity contribution in [2.75, 3.05) is 12.0 Å². The number of ether oxygens (including phenoxy) is 1. The maximum absolute atomic E-state index is 11.5. The number of nitrogen functional groups attached to an aromatic ring is 1. The monoisotopic (exact) mass is 355 g/mol. The average Bonchev–Trinajstić information content (AvgIpc) is 2.54. The minimum absolute atomic E-state index is 0. The molecule has 0 amide bonds. The fourth-order valence-electron chi connectivity index (χ4n) is 1.53. The van der Waals surface area contributed by atoms with Crippen LogP contribution >= 0.6 is 0 Å². The van der Waals surface area contributed by atoms with Crippen LogP contribution in [-0.4, -0.2) is 19.8 Å². The van der Waals surface area contributed by atoms with E-state index in [2.05, 4.69) is 0 Å². The van der Waals surface area contributed by atoms with Gasteiger partial charge in [0, 0.05) is 18.0 Å². The summed E-state index contributed by atoms with van der Waals surface area (Å²) in [5.74, 6) is 0.550. The minimum Gasteiger partial charge on any atom is -0.507 e. The Hall–Kier alpha value is -2.21. The fraction of sp³-hybridized carbons (Fsp3) is 0.333. The number of phenolic OH excluding ortho intramolecular Hbond substituents is 1. The van der Waals surface area contributed by atoms with Crippen molar-refractivity contribution in [1.82, 2.24) is 0 Å². The molecule has 0 spiro atoms. The SMILES string of the molecule is C.CC.CC.CS(=O)(=O)c1cc(Oc2ccc(N)cc2)ccc1O. The predicted molar refractivity (Wildman–Crippen MR) is 102 cm³/mol. The molecule has 0 saturated carbocycles. The van der Waals surface area contributed by atoms with E-state index >= 15 is 0 Å². The molecular formula is C18H29NO4S. The highest BCUT2D eigenvalue weighted by molar-refractivity contribution is 7.90. The quantitative estimate of drug-likeness (QED) is 0.768. The predicted octanol–water partition coefficient (Wildman–Crippen LogP) is 4.86. The van der Waals surface area contributed by atoms with Crippen LogP contribution in [0.15, 0.2) is 47.4 Å². The summed E-state index contributed by atoms with van der Waals surface area (Å²) in [6, 6.07) is 10.7. The minimum atomic E-state index is -3.50. The molecule has 2 rings (SSSR count). The van der Waals surface area contributed by atoms with Crippen molar-refractivity contribution in [2.24, 2.45) is 0 Å². The molecule has 5 nitrogen and oxygen atoms in total. The van der Waals surface area contributed by atoms with E-state index in [-0.39, 0.29) is 18.1 Å². The summed E-state index contributed by atoms with van der Waals surface area (Å²) >= 11 is 0.